The minimum absolute atomic E-state index is 0.235. The molecule has 0 fully saturated rings. The van der Waals surface area contributed by atoms with Crippen LogP contribution in [-0.2, 0) is 20.9 Å². The third-order valence-electron chi connectivity index (χ3n) is 5.82. The molecule has 2 atom stereocenters. The van der Waals surface area contributed by atoms with Crippen LogP contribution in [0.3, 0.4) is 0 Å². The van der Waals surface area contributed by atoms with Gasteiger partial charge in [-0.25, -0.2) is 9.59 Å². The molecule has 0 radical (unpaired) electrons. The molecule has 32 heavy (non-hydrogen) atoms. The van der Waals surface area contributed by atoms with Gasteiger partial charge in [0.1, 0.15) is 0 Å². The zero-order chi connectivity index (χ0) is 22.7. The molecule has 0 saturated carbocycles. The van der Waals surface area contributed by atoms with Crippen molar-refractivity contribution in [2.24, 2.45) is 0 Å². The number of aliphatic carboxylic acids is 1. The Morgan fingerprint density at radius 3 is 1.97 bits per heavy atom. The van der Waals surface area contributed by atoms with Gasteiger partial charge >= 0.3 is 12.1 Å². The van der Waals surface area contributed by atoms with Gasteiger partial charge in [-0.15, -0.1) is 0 Å². The van der Waals surface area contributed by atoms with Gasteiger partial charge in [0.25, 0.3) is 0 Å². The van der Waals surface area contributed by atoms with E-state index < -0.39 is 30.3 Å². The van der Waals surface area contributed by atoms with E-state index in [9.17, 15) is 14.7 Å². The van der Waals surface area contributed by atoms with Crippen molar-refractivity contribution in [3.8, 4) is 11.1 Å². The van der Waals surface area contributed by atoms with Crippen LogP contribution in [-0.4, -0.2) is 41.3 Å². The summed E-state index contributed by atoms with van der Waals surface area (Å²) in [6.45, 7) is 1.91. The van der Waals surface area contributed by atoms with Crippen molar-refractivity contribution < 1.29 is 24.2 Å². The first-order valence-electron chi connectivity index (χ1n) is 10.5. The SMILES string of the molecule is COC(=O)N(C1c2ccccc2-c2ccccc21)[C@H](C(=O)O)[C@H](C)OCc1ccccc1. The van der Waals surface area contributed by atoms with Gasteiger partial charge in [-0.05, 0) is 34.7 Å². The lowest BCUT2D eigenvalue weighted by Gasteiger charge is -2.36. The molecule has 164 valence electrons. The van der Waals surface area contributed by atoms with Crippen LogP contribution in [0, 0.1) is 0 Å². The molecule has 4 rings (SSSR count). The molecular weight excluding hydrogens is 406 g/mol. The van der Waals surface area contributed by atoms with Crippen molar-refractivity contribution >= 4 is 12.1 Å². The number of carboxylic acid groups (broad SMARTS) is 1. The standard InChI is InChI=1S/C26H25NO5/c1-17(32-16-18-10-4-3-5-11-18)23(25(28)29)27(26(30)31-2)24-21-14-8-6-12-19(21)20-13-7-9-15-22(20)24/h3-15,17,23-24H,16H2,1-2H3,(H,28,29)/t17-,23-/m0/s1. The van der Waals surface area contributed by atoms with Gasteiger partial charge < -0.3 is 14.6 Å². The number of amides is 1. The Hall–Kier alpha value is -3.64. The maximum atomic E-state index is 13.0. The molecule has 0 aromatic heterocycles. The Bertz CT molecular complexity index is 1070. The smallest absolute Gasteiger partial charge is 0.411 e. The van der Waals surface area contributed by atoms with Crippen LogP contribution < -0.4 is 0 Å². The number of carbonyl (C=O) groups is 2. The molecule has 1 N–H and O–H groups in total. The Kier molecular flexibility index (Phi) is 6.23. The molecule has 0 spiro atoms. The van der Waals surface area contributed by atoms with E-state index in [4.69, 9.17) is 9.47 Å². The van der Waals surface area contributed by atoms with E-state index in [1.807, 2.05) is 78.9 Å². The highest BCUT2D eigenvalue weighted by atomic mass is 16.5. The Morgan fingerprint density at radius 2 is 1.44 bits per heavy atom. The molecule has 6 nitrogen and oxygen atoms in total. The number of fused-ring (bicyclic) bond motifs is 3. The van der Waals surface area contributed by atoms with Crippen LogP contribution in [0.4, 0.5) is 4.79 Å². The molecule has 0 aliphatic heterocycles. The summed E-state index contributed by atoms with van der Waals surface area (Å²) >= 11 is 0. The summed E-state index contributed by atoms with van der Waals surface area (Å²) in [6.07, 6.45) is -1.50. The van der Waals surface area contributed by atoms with Crippen LogP contribution in [0.2, 0.25) is 0 Å². The number of carbonyl (C=O) groups excluding carboxylic acids is 1. The number of ether oxygens (including phenoxy) is 2. The summed E-state index contributed by atoms with van der Waals surface area (Å²) < 4.78 is 11.0. The molecule has 3 aromatic carbocycles. The maximum Gasteiger partial charge on any atom is 0.411 e. The Balaban J connectivity index is 1.73. The number of hydrogen-bond acceptors (Lipinski definition) is 4. The number of rotatable bonds is 7. The number of hydrogen-bond donors (Lipinski definition) is 1. The summed E-state index contributed by atoms with van der Waals surface area (Å²) in [6, 6.07) is 23.1. The average Bonchev–Trinajstić information content (AvgIpc) is 3.15. The predicted octanol–water partition coefficient (Wildman–Crippen LogP) is 4.88. The number of carboxylic acids is 1. The molecule has 0 unspecified atom stereocenters. The van der Waals surface area contributed by atoms with Gasteiger partial charge in [0, 0.05) is 0 Å². The molecule has 3 aromatic rings. The highest BCUT2D eigenvalue weighted by Crippen LogP contribution is 2.47. The van der Waals surface area contributed by atoms with Crippen LogP contribution in [0.25, 0.3) is 11.1 Å². The summed E-state index contributed by atoms with van der Waals surface area (Å²) in [5.74, 6) is -1.15. The monoisotopic (exact) mass is 431 g/mol. The van der Waals surface area contributed by atoms with E-state index in [0.717, 1.165) is 27.8 Å². The summed E-state index contributed by atoms with van der Waals surface area (Å²) in [5.41, 5.74) is 4.60. The Morgan fingerprint density at radius 1 is 0.906 bits per heavy atom. The summed E-state index contributed by atoms with van der Waals surface area (Å²) in [4.78, 5) is 26.8. The van der Waals surface area contributed by atoms with E-state index in [1.54, 1.807) is 6.92 Å². The molecule has 0 heterocycles. The summed E-state index contributed by atoms with van der Waals surface area (Å²) in [7, 11) is 1.26. The fourth-order valence-corrected chi connectivity index (χ4v) is 4.35. The largest absolute Gasteiger partial charge is 0.480 e. The number of nitrogens with zero attached hydrogens (tertiary/aromatic N) is 1. The van der Waals surface area contributed by atoms with Gasteiger partial charge in [-0.1, -0.05) is 78.9 Å². The lowest BCUT2D eigenvalue weighted by Crippen LogP contribution is -2.53. The second kappa shape index (κ2) is 9.24. The topological polar surface area (TPSA) is 76.1 Å². The second-order valence-electron chi connectivity index (χ2n) is 7.74. The molecule has 6 heteroatoms. The van der Waals surface area contributed by atoms with Gasteiger partial charge in [0.15, 0.2) is 6.04 Å². The highest BCUT2D eigenvalue weighted by molar-refractivity contribution is 5.85. The van der Waals surface area contributed by atoms with Crippen molar-refractivity contribution in [1.29, 1.82) is 0 Å². The molecular formula is C26H25NO5. The molecule has 1 amide bonds. The number of methoxy groups -OCH3 is 1. The van der Waals surface area contributed by atoms with E-state index in [2.05, 4.69) is 0 Å². The summed E-state index contributed by atoms with van der Waals surface area (Å²) in [5, 5.41) is 10.2. The van der Waals surface area contributed by atoms with Crippen LogP contribution in [0.1, 0.15) is 29.7 Å². The molecule has 1 aliphatic carbocycles. The predicted molar refractivity (Wildman–Crippen MR) is 120 cm³/mol. The lowest BCUT2D eigenvalue weighted by atomic mass is 10.00. The van der Waals surface area contributed by atoms with Crippen molar-refractivity contribution in [2.45, 2.75) is 31.7 Å². The van der Waals surface area contributed by atoms with E-state index >= 15 is 0 Å². The molecule has 0 saturated heterocycles. The molecule has 0 bridgehead atoms. The fraction of sp³-hybridized carbons (Fsp3) is 0.231. The number of benzene rings is 3. The third kappa shape index (κ3) is 3.97. The van der Waals surface area contributed by atoms with Gasteiger partial charge in [0.05, 0.1) is 25.9 Å². The van der Waals surface area contributed by atoms with E-state index in [-0.39, 0.29) is 6.61 Å². The van der Waals surface area contributed by atoms with Gasteiger partial charge in [0.2, 0.25) is 0 Å². The minimum Gasteiger partial charge on any atom is -0.480 e. The van der Waals surface area contributed by atoms with Crippen LogP contribution >= 0.6 is 0 Å². The zero-order valence-corrected chi connectivity index (χ0v) is 18.0. The first kappa shape index (κ1) is 21.6. The maximum absolute atomic E-state index is 13.0. The van der Waals surface area contributed by atoms with E-state index in [1.165, 1.54) is 12.0 Å². The van der Waals surface area contributed by atoms with Crippen LogP contribution in [0.15, 0.2) is 78.9 Å². The average molecular weight is 431 g/mol. The van der Waals surface area contributed by atoms with Crippen molar-refractivity contribution in [3.05, 3.63) is 95.6 Å². The quantitative estimate of drug-likeness (QED) is 0.577. The van der Waals surface area contributed by atoms with Gasteiger partial charge in [-0.3, -0.25) is 4.90 Å². The second-order valence-corrected chi connectivity index (χ2v) is 7.74. The normalized spacial score (nSPS) is 14.2. The Labute approximate surface area is 187 Å². The first-order chi connectivity index (χ1) is 15.5. The third-order valence-corrected chi connectivity index (χ3v) is 5.82. The van der Waals surface area contributed by atoms with Crippen molar-refractivity contribution in [1.82, 2.24) is 4.90 Å². The lowest BCUT2D eigenvalue weighted by molar-refractivity contribution is -0.149. The van der Waals surface area contributed by atoms with E-state index in [0.29, 0.717) is 0 Å². The van der Waals surface area contributed by atoms with Crippen molar-refractivity contribution in [3.63, 3.8) is 0 Å². The fourth-order valence-electron chi connectivity index (χ4n) is 4.35. The highest BCUT2D eigenvalue weighted by Gasteiger charge is 2.44. The first-order valence-corrected chi connectivity index (χ1v) is 10.5. The van der Waals surface area contributed by atoms with Crippen molar-refractivity contribution in [2.75, 3.05) is 7.11 Å². The molecule has 1 aliphatic rings. The minimum atomic E-state index is -1.25. The van der Waals surface area contributed by atoms with Crippen LogP contribution in [0.5, 0.6) is 0 Å². The zero-order valence-electron chi connectivity index (χ0n) is 18.0. The van der Waals surface area contributed by atoms with Gasteiger partial charge in [-0.2, -0.15) is 0 Å².